The molecule has 0 bridgehead atoms. The van der Waals surface area contributed by atoms with E-state index in [1.807, 2.05) is 0 Å². The van der Waals surface area contributed by atoms with Crippen molar-refractivity contribution in [1.29, 1.82) is 0 Å². The molecule has 0 saturated carbocycles. The lowest BCUT2D eigenvalue weighted by atomic mass is 10.5. The monoisotopic (exact) mass is 272 g/mol. The van der Waals surface area contributed by atoms with Gasteiger partial charge in [-0.05, 0) is 0 Å². The lowest BCUT2D eigenvalue weighted by Crippen LogP contribution is -1.81. The van der Waals surface area contributed by atoms with Crippen molar-refractivity contribution in [2.75, 3.05) is 5.88 Å². The summed E-state index contributed by atoms with van der Waals surface area (Å²) in [5, 5.41) is 0.279. The van der Waals surface area contributed by atoms with Crippen LogP contribution >= 0.6 is 69.6 Å². The van der Waals surface area contributed by atoms with Gasteiger partial charge in [0.1, 0.15) is 4.49 Å². The molecule has 0 aliphatic heterocycles. The Morgan fingerprint density at radius 2 is 1.27 bits per heavy atom. The van der Waals surface area contributed by atoms with Gasteiger partial charge in [0.2, 0.25) is 0 Å². The van der Waals surface area contributed by atoms with Gasteiger partial charge in [0, 0.05) is 0 Å². The lowest BCUT2D eigenvalue weighted by molar-refractivity contribution is 1.62. The van der Waals surface area contributed by atoms with E-state index in [2.05, 4.69) is 0 Å². The number of hydrogen-bond donors (Lipinski definition) is 0. The Morgan fingerprint density at radius 1 is 0.818 bits per heavy atom. The predicted molar refractivity (Wildman–Crippen MR) is 54.0 cm³/mol. The number of hydrogen-bond acceptors (Lipinski definition) is 0. The smallest absolute Gasteiger partial charge is 0.121 e. The summed E-state index contributed by atoms with van der Waals surface area (Å²) in [6.07, 6.45) is 0. The average Bonchev–Trinajstić information content (AvgIpc) is 2.00. The van der Waals surface area contributed by atoms with Crippen LogP contribution in [0.25, 0.3) is 0 Å². The SMILES string of the molecule is ClC/C(Cl)=C(\Cl)C(Cl)=C(Cl)Cl. The standard InChI is InChI=1S/C5H2Cl6/c6-1-2(7)3(8)4(9)5(10)11/h1H2/b3-2+. The second-order valence-electron chi connectivity index (χ2n) is 1.43. The van der Waals surface area contributed by atoms with E-state index >= 15 is 0 Å². The Labute approximate surface area is 94.6 Å². The minimum atomic E-state index is -0.139. The molecule has 6 heteroatoms. The molecule has 0 amide bonds. The highest BCUT2D eigenvalue weighted by Gasteiger charge is 2.08. The normalized spacial score (nSPS) is 12.5. The van der Waals surface area contributed by atoms with Crippen LogP contribution in [-0.4, -0.2) is 5.88 Å². The topological polar surface area (TPSA) is 0 Å². The molecule has 0 radical (unpaired) electrons. The number of allylic oxidation sites excluding steroid dienone is 3. The van der Waals surface area contributed by atoms with Crippen LogP contribution in [0.1, 0.15) is 0 Å². The summed E-state index contributed by atoms with van der Waals surface area (Å²) in [5.74, 6) is 0.0671. The van der Waals surface area contributed by atoms with Crippen molar-refractivity contribution >= 4 is 69.6 Å². The van der Waals surface area contributed by atoms with E-state index in [4.69, 9.17) is 69.6 Å². The maximum absolute atomic E-state index is 5.58. The van der Waals surface area contributed by atoms with Gasteiger partial charge in [0.25, 0.3) is 0 Å². The van der Waals surface area contributed by atoms with E-state index in [9.17, 15) is 0 Å². The molecule has 0 unspecified atom stereocenters. The van der Waals surface area contributed by atoms with E-state index in [0.717, 1.165) is 0 Å². The average molecular weight is 275 g/mol. The minimum absolute atomic E-state index is 0.000602. The zero-order valence-electron chi connectivity index (χ0n) is 4.97. The first-order valence-corrected chi connectivity index (χ1v) is 4.74. The molecule has 0 aromatic rings. The van der Waals surface area contributed by atoms with Crippen LogP contribution in [0.3, 0.4) is 0 Å². The highest BCUT2D eigenvalue weighted by molar-refractivity contribution is 6.62. The van der Waals surface area contributed by atoms with Crippen molar-refractivity contribution < 1.29 is 0 Å². The van der Waals surface area contributed by atoms with Crippen LogP contribution < -0.4 is 0 Å². The molecule has 0 nitrogen and oxygen atoms in total. The largest absolute Gasteiger partial charge is 0.126 e. The van der Waals surface area contributed by atoms with Crippen LogP contribution in [0.2, 0.25) is 0 Å². The molecule has 0 aromatic carbocycles. The van der Waals surface area contributed by atoms with Gasteiger partial charge in [-0.1, -0.05) is 58.0 Å². The molecule has 0 rings (SSSR count). The quantitative estimate of drug-likeness (QED) is 0.501. The summed E-state index contributed by atoms with van der Waals surface area (Å²) in [6.45, 7) is 0. The van der Waals surface area contributed by atoms with Crippen molar-refractivity contribution in [1.82, 2.24) is 0 Å². The van der Waals surface area contributed by atoms with Crippen LogP contribution in [0, 0.1) is 0 Å². The van der Waals surface area contributed by atoms with Gasteiger partial charge in [-0.3, -0.25) is 0 Å². The number of alkyl halides is 1. The molecule has 0 atom stereocenters. The van der Waals surface area contributed by atoms with Crippen molar-refractivity contribution in [3.8, 4) is 0 Å². The molecule has 0 aliphatic rings. The summed E-state index contributed by atoms with van der Waals surface area (Å²) >= 11 is 32.6. The first-order valence-electron chi connectivity index (χ1n) is 2.32. The van der Waals surface area contributed by atoms with Gasteiger partial charge < -0.3 is 0 Å². The first-order chi connectivity index (χ1) is 5.00. The second-order valence-corrected chi connectivity index (χ2v) is 3.86. The van der Waals surface area contributed by atoms with Crippen LogP contribution in [-0.2, 0) is 0 Å². The molecule has 0 fully saturated rings. The van der Waals surface area contributed by atoms with Crippen molar-refractivity contribution in [2.24, 2.45) is 0 Å². The van der Waals surface area contributed by atoms with E-state index in [0.29, 0.717) is 0 Å². The van der Waals surface area contributed by atoms with Gasteiger partial charge in [-0.15, -0.1) is 11.6 Å². The summed E-state index contributed by atoms with van der Waals surface area (Å²) < 4.78 is -0.139. The van der Waals surface area contributed by atoms with E-state index in [1.165, 1.54) is 0 Å². The van der Waals surface area contributed by atoms with E-state index in [1.54, 1.807) is 0 Å². The van der Waals surface area contributed by atoms with Crippen LogP contribution in [0.4, 0.5) is 0 Å². The highest BCUT2D eigenvalue weighted by atomic mass is 35.5. The van der Waals surface area contributed by atoms with Gasteiger partial charge in [0.15, 0.2) is 0 Å². The van der Waals surface area contributed by atoms with E-state index < -0.39 is 0 Å². The zero-order chi connectivity index (χ0) is 9.02. The lowest BCUT2D eigenvalue weighted by Gasteiger charge is -1.98. The first kappa shape index (κ1) is 12.2. The molecule has 0 aromatic heterocycles. The second kappa shape index (κ2) is 5.80. The van der Waals surface area contributed by atoms with Crippen LogP contribution in [0.5, 0.6) is 0 Å². The Balaban J connectivity index is 4.75. The molecule has 0 heterocycles. The maximum Gasteiger partial charge on any atom is 0.126 e. The van der Waals surface area contributed by atoms with Gasteiger partial charge >= 0.3 is 0 Å². The zero-order valence-corrected chi connectivity index (χ0v) is 9.51. The van der Waals surface area contributed by atoms with Gasteiger partial charge in [-0.2, -0.15) is 0 Å². The third-order valence-electron chi connectivity index (χ3n) is 0.714. The summed E-state index contributed by atoms with van der Waals surface area (Å²) in [6, 6.07) is 0. The summed E-state index contributed by atoms with van der Waals surface area (Å²) in [4.78, 5) is 0. The summed E-state index contributed by atoms with van der Waals surface area (Å²) in [5.41, 5.74) is 0. The maximum atomic E-state index is 5.58. The molecule has 64 valence electrons. The molecular formula is C5H2Cl6. The van der Waals surface area contributed by atoms with Crippen LogP contribution in [0.15, 0.2) is 19.6 Å². The Hall–Kier alpha value is 1.22. The van der Waals surface area contributed by atoms with Gasteiger partial charge in [0.05, 0.1) is 21.0 Å². The molecule has 0 aliphatic carbocycles. The Kier molecular flexibility index (Phi) is 6.44. The molecule has 0 spiro atoms. The fourth-order valence-corrected chi connectivity index (χ4v) is 1.17. The third-order valence-corrected chi connectivity index (χ3v) is 3.00. The van der Waals surface area contributed by atoms with Crippen molar-refractivity contribution in [3.63, 3.8) is 0 Å². The Bertz CT molecular complexity index is 199. The van der Waals surface area contributed by atoms with Crippen molar-refractivity contribution in [3.05, 3.63) is 19.6 Å². The molecular weight excluding hydrogens is 273 g/mol. The fraction of sp³-hybridized carbons (Fsp3) is 0.200. The van der Waals surface area contributed by atoms with Crippen molar-refractivity contribution in [2.45, 2.75) is 0 Å². The minimum Gasteiger partial charge on any atom is -0.121 e. The number of halogens is 6. The Morgan fingerprint density at radius 3 is 1.55 bits per heavy atom. The summed E-state index contributed by atoms with van der Waals surface area (Å²) in [7, 11) is 0. The number of rotatable bonds is 2. The van der Waals surface area contributed by atoms with E-state index in [-0.39, 0.29) is 25.5 Å². The fourth-order valence-electron chi connectivity index (χ4n) is 0.261. The highest BCUT2D eigenvalue weighted by Crippen LogP contribution is 2.31. The molecule has 11 heavy (non-hydrogen) atoms. The third kappa shape index (κ3) is 4.12. The predicted octanol–water partition coefficient (Wildman–Crippen LogP) is 4.80. The molecule has 0 saturated heterocycles. The molecule has 0 N–H and O–H groups in total. The van der Waals surface area contributed by atoms with Gasteiger partial charge in [-0.25, -0.2) is 0 Å².